The highest BCUT2D eigenvalue weighted by atomic mass is 79.9. The Kier molecular flexibility index (Phi) is 13.7. The average molecular weight is 1030 g/mol. The molecule has 2 fully saturated rings. The van der Waals surface area contributed by atoms with Crippen LogP contribution < -0.4 is 40.2 Å². The molecule has 0 aromatic heterocycles. The molecule has 5 atom stereocenters. The van der Waals surface area contributed by atoms with Crippen LogP contribution in [-0.2, 0) is 25.7 Å². The van der Waals surface area contributed by atoms with Gasteiger partial charge in [-0.15, -0.1) is 0 Å². The highest BCUT2D eigenvalue weighted by Gasteiger charge is 2.59. The Bertz CT molecular complexity index is 2530. The monoisotopic (exact) mass is 1030 g/mol. The van der Waals surface area contributed by atoms with E-state index >= 15 is 0 Å². The van der Waals surface area contributed by atoms with E-state index in [2.05, 4.69) is 184 Å². The fourth-order valence-electron chi connectivity index (χ4n) is 11.7. The largest absolute Gasteiger partial charge is 0.451 e. The summed E-state index contributed by atoms with van der Waals surface area (Å²) in [7, 11) is 1.23. The molecule has 66 heavy (non-hydrogen) atoms. The Morgan fingerprint density at radius 3 is 1.38 bits per heavy atom. The van der Waals surface area contributed by atoms with Crippen molar-refractivity contribution in [2.75, 3.05) is 13.6 Å². The first-order valence-corrected chi connectivity index (χ1v) is 27.3. The van der Waals surface area contributed by atoms with Crippen molar-refractivity contribution in [1.82, 2.24) is 5.32 Å². The summed E-state index contributed by atoms with van der Waals surface area (Å²) in [5, 5.41) is 7.07. The van der Waals surface area contributed by atoms with Crippen LogP contribution in [0.15, 0.2) is 142 Å². The number of hydrogen-bond donors (Lipinski definition) is 1. The minimum Gasteiger partial charge on any atom is -0.451 e. The van der Waals surface area contributed by atoms with Crippen molar-refractivity contribution in [2.45, 2.75) is 102 Å². The van der Waals surface area contributed by atoms with Crippen LogP contribution in [0.4, 0.5) is 0 Å². The molecule has 2 spiro atoms. The smallest absolute Gasteiger partial charge is 0.257 e. The molecule has 6 aromatic carbocycles. The number of para-hydroxylation sites is 4. The zero-order chi connectivity index (χ0) is 45.3. The molecule has 1 N–H and O–H groups in total. The van der Waals surface area contributed by atoms with Crippen molar-refractivity contribution in [3.63, 3.8) is 0 Å². The number of benzene rings is 6. The van der Waals surface area contributed by atoms with Crippen LogP contribution in [0.1, 0.15) is 86.1 Å². The summed E-state index contributed by atoms with van der Waals surface area (Å²) in [6, 6.07) is 47.9. The second-order valence-corrected chi connectivity index (χ2v) is 23.0. The van der Waals surface area contributed by atoms with E-state index in [9.17, 15) is 0 Å². The van der Waals surface area contributed by atoms with Gasteiger partial charge in [-0.05, 0) is 169 Å². The molecule has 8 heteroatoms. The van der Waals surface area contributed by atoms with Crippen molar-refractivity contribution in [2.24, 2.45) is 23.7 Å². The second-order valence-electron chi connectivity index (χ2n) is 19.1. The fraction of sp³-hybridized carbons (Fsp3) is 0.379. The molecule has 2 saturated carbocycles. The molecule has 4 aliphatic heterocycles. The van der Waals surface area contributed by atoms with Crippen molar-refractivity contribution < 1.29 is 18.9 Å². The Hall–Kier alpha value is -4.13. The summed E-state index contributed by atoms with van der Waals surface area (Å²) in [5.41, 5.74) is 6.47. The number of unbranched alkanes of at least 4 members (excludes halogenated alkanes) is 1. The minimum absolute atomic E-state index is 0.381. The lowest BCUT2D eigenvalue weighted by Gasteiger charge is -2.54. The van der Waals surface area contributed by atoms with E-state index in [0.29, 0.717) is 23.7 Å². The van der Waals surface area contributed by atoms with Crippen molar-refractivity contribution in [3.8, 4) is 23.0 Å². The number of aryl methyl sites for hydroxylation is 1. The van der Waals surface area contributed by atoms with Crippen LogP contribution in [0.5, 0.6) is 23.0 Å². The first kappa shape index (κ1) is 45.6. The van der Waals surface area contributed by atoms with Crippen LogP contribution in [-0.4, -0.2) is 25.2 Å². The van der Waals surface area contributed by atoms with Crippen LogP contribution in [0.3, 0.4) is 0 Å². The van der Waals surface area contributed by atoms with Gasteiger partial charge < -0.3 is 24.3 Å². The summed E-state index contributed by atoms with van der Waals surface area (Å²) in [6.07, 6.45) is 13.9. The summed E-state index contributed by atoms with van der Waals surface area (Å²) in [4.78, 5) is 0. The van der Waals surface area contributed by atoms with E-state index in [1.165, 1.54) is 82.3 Å². The van der Waals surface area contributed by atoms with Gasteiger partial charge >= 0.3 is 0 Å². The van der Waals surface area contributed by atoms with E-state index in [1.807, 2.05) is 7.05 Å². The summed E-state index contributed by atoms with van der Waals surface area (Å²) < 4.78 is 29.7. The molecule has 4 heterocycles. The summed E-state index contributed by atoms with van der Waals surface area (Å²) >= 11 is 7.34. The Morgan fingerprint density at radius 2 is 0.924 bits per heavy atom. The van der Waals surface area contributed by atoms with Gasteiger partial charge in [0.15, 0.2) is 0 Å². The maximum absolute atomic E-state index is 7.29. The summed E-state index contributed by atoms with van der Waals surface area (Å²) in [5.74, 6) is 4.55. The van der Waals surface area contributed by atoms with E-state index in [4.69, 9.17) is 18.9 Å². The molecular weight excluding hydrogens is 965 g/mol. The minimum atomic E-state index is -0.752. The third-order valence-corrected chi connectivity index (χ3v) is 18.6. The average Bonchev–Trinajstić information content (AvgIpc) is 3.34. The fourth-order valence-corrected chi connectivity index (χ4v) is 15.1. The van der Waals surface area contributed by atoms with Gasteiger partial charge in [0.05, 0.1) is 8.95 Å². The molecule has 0 bridgehead atoms. The van der Waals surface area contributed by atoms with Crippen LogP contribution in [0, 0.1) is 30.6 Å². The quantitative estimate of drug-likeness (QED) is 0.133. The number of ether oxygens (including phenoxy) is 4. The maximum Gasteiger partial charge on any atom is 0.257 e. The van der Waals surface area contributed by atoms with Crippen molar-refractivity contribution in [1.29, 1.82) is 0 Å². The lowest BCUT2D eigenvalue weighted by atomic mass is 9.68. The van der Waals surface area contributed by atoms with Crippen LogP contribution in [0.25, 0.3) is 0 Å². The Balaban J connectivity index is 0.000000147. The van der Waals surface area contributed by atoms with E-state index in [-0.39, 0.29) is 0 Å². The molecule has 2 aliphatic carbocycles. The predicted octanol–water partition coefficient (Wildman–Crippen LogP) is 13.3. The van der Waals surface area contributed by atoms with Gasteiger partial charge in [-0.1, -0.05) is 148 Å². The van der Waals surface area contributed by atoms with E-state index in [0.717, 1.165) is 77.0 Å². The Labute approximate surface area is 410 Å². The standard InChI is InChI=1S/C33H31O2P.C20H18Br2O2.C5H13N/c1-23-11-8-12-24-21-26-14-10-15-27-22-25-13-9-20-30(32(25)35-33(26,27)34-31(23)24)36(28-16-4-2-5-17-28)29-18-6-3-7-19-29;21-16-8-1-4-12-10-14-6-3-7-15-11-13-5-2-9-17(22)19(13)24-20(14,15)23-18(12)16;1-3-4-5-6-2/h2-9,11-13,16-20,26-27H,10,14-15,21-22H2,1H3;1-2,4-5,8-9,14-15H,3,6-7,10-11H2;6H,3-5H2,1-2H3/t26-,27-,33-;14-,15-,20?;/m11./s1. The maximum atomic E-state index is 7.29. The molecule has 6 aliphatic rings. The second kappa shape index (κ2) is 19.8. The number of halogens is 2. The predicted molar refractivity (Wildman–Crippen MR) is 278 cm³/mol. The molecule has 5 nitrogen and oxygen atoms in total. The van der Waals surface area contributed by atoms with Gasteiger partial charge in [0.25, 0.3) is 11.6 Å². The molecule has 0 unspecified atom stereocenters. The van der Waals surface area contributed by atoms with Gasteiger partial charge in [-0.25, -0.2) is 0 Å². The number of hydrogen-bond acceptors (Lipinski definition) is 5. The molecule has 6 aromatic rings. The first-order chi connectivity index (χ1) is 32.3. The first-order valence-electron chi connectivity index (χ1n) is 24.4. The lowest BCUT2D eigenvalue weighted by molar-refractivity contribution is -0.226. The van der Waals surface area contributed by atoms with Crippen molar-refractivity contribution >= 4 is 55.7 Å². The van der Waals surface area contributed by atoms with Gasteiger partial charge in [0.2, 0.25) is 0 Å². The zero-order valence-electron chi connectivity index (χ0n) is 38.5. The number of rotatable bonds is 6. The van der Waals surface area contributed by atoms with Gasteiger partial charge in [0.1, 0.15) is 23.0 Å². The van der Waals surface area contributed by atoms with Crippen LogP contribution >= 0.6 is 39.8 Å². The van der Waals surface area contributed by atoms with E-state index in [1.54, 1.807) is 0 Å². The van der Waals surface area contributed by atoms with Gasteiger partial charge in [-0.2, -0.15) is 0 Å². The summed E-state index contributed by atoms with van der Waals surface area (Å²) in [6.45, 7) is 5.52. The highest BCUT2D eigenvalue weighted by Crippen LogP contribution is 2.56. The SMILES string of the molecule is Brc1cccc2c1OC13Oc4c(Br)cccc4C[C@H]1CCC[C@@H]3C2.CCCCNC.Cc1cccc2c1O[C@]13Oc4c(cccc4P(c4ccccc4)c4ccccc4)C[C@H]1CCC[C@@H]3C2. The van der Waals surface area contributed by atoms with Gasteiger partial charge in [-0.3, -0.25) is 0 Å². The van der Waals surface area contributed by atoms with E-state index < -0.39 is 19.5 Å². The number of nitrogens with one attached hydrogen (secondary N) is 1. The Morgan fingerprint density at radius 1 is 0.515 bits per heavy atom. The van der Waals surface area contributed by atoms with Crippen LogP contribution in [0.2, 0.25) is 0 Å². The molecule has 12 rings (SSSR count). The van der Waals surface area contributed by atoms with Gasteiger partial charge in [0, 0.05) is 29.0 Å². The molecule has 0 amide bonds. The third kappa shape index (κ3) is 8.65. The molecule has 0 radical (unpaired) electrons. The molecule has 0 saturated heterocycles. The lowest BCUT2D eigenvalue weighted by Crippen LogP contribution is -2.62. The molecule has 342 valence electrons. The highest BCUT2D eigenvalue weighted by molar-refractivity contribution is 9.11. The number of fused-ring (bicyclic) bond motifs is 4. The third-order valence-electron chi connectivity index (χ3n) is 14.9. The topological polar surface area (TPSA) is 49.0 Å². The molecular formula is C58H62Br2NO4P. The zero-order valence-corrected chi connectivity index (χ0v) is 42.6. The van der Waals surface area contributed by atoms with Crippen molar-refractivity contribution in [3.05, 3.63) is 170 Å². The normalized spacial score (nSPS) is 24.8.